The van der Waals surface area contributed by atoms with Crippen LogP contribution in [-0.2, 0) is 13.2 Å². The highest BCUT2D eigenvalue weighted by Gasteiger charge is 2.10. The lowest BCUT2D eigenvalue weighted by Crippen LogP contribution is -2.07. The van der Waals surface area contributed by atoms with Gasteiger partial charge >= 0.3 is 5.97 Å². The van der Waals surface area contributed by atoms with Crippen molar-refractivity contribution in [2.75, 3.05) is 5.32 Å². The van der Waals surface area contributed by atoms with Crippen molar-refractivity contribution < 1.29 is 19.0 Å². The molecule has 0 fully saturated rings. The predicted octanol–water partition coefficient (Wildman–Crippen LogP) is 5.02. The summed E-state index contributed by atoms with van der Waals surface area (Å²) in [4.78, 5) is 11.3. The lowest BCUT2D eigenvalue weighted by atomic mass is 10.1. The van der Waals surface area contributed by atoms with E-state index in [1.807, 2.05) is 30.3 Å². The van der Waals surface area contributed by atoms with E-state index in [1.54, 1.807) is 31.2 Å². The number of hydrogen-bond donors (Lipinski definition) is 2. The summed E-state index contributed by atoms with van der Waals surface area (Å²) in [6.07, 6.45) is 0. The predicted molar refractivity (Wildman–Crippen MR) is 103 cm³/mol. The van der Waals surface area contributed by atoms with Crippen LogP contribution in [0.1, 0.15) is 27.0 Å². The zero-order valence-corrected chi connectivity index (χ0v) is 14.9. The Bertz CT molecular complexity index is 939. The molecule has 0 aromatic heterocycles. The van der Waals surface area contributed by atoms with E-state index in [9.17, 15) is 14.3 Å². The van der Waals surface area contributed by atoms with Gasteiger partial charge in [-0.25, -0.2) is 9.18 Å². The molecule has 0 bridgehead atoms. The van der Waals surface area contributed by atoms with Crippen molar-refractivity contribution in [3.05, 3.63) is 94.8 Å². The number of aromatic carboxylic acids is 1. The Balaban J connectivity index is 1.70. The zero-order valence-electron chi connectivity index (χ0n) is 14.9. The lowest BCUT2D eigenvalue weighted by molar-refractivity contribution is 0.0696. The maximum Gasteiger partial charge on any atom is 0.336 e. The number of benzene rings is 3. The summed E-state index contributed by atoms with van der Waals surface area (Å²) >= 11 is 0. The highest BCUT2D eigenvalue weighted by atomic mass is 19.1. The monoisotopic (exact) mass is 365 g/mol. The second-order valence-corrected chi connectivity index (χ2v) is 6.16. The van der Waals surface area contributed by atoms with Crippen molar-refractivity contribution in [3.8, 4) is 5.75 Å². The molecule has 0 saturated carbocycles. The van der Waals surface area contributed by atoms with Crippen molar-refractivity contribution in [2.45, 2.75) is 20.1 Å². The van der Waals surface area contributed by atoms with E-state index in [2.05, 4.69) is 5.32 Å². The number of anilines is 1. The number of halogens is 1. The van der Waals surface area contributed by atoms with Gasteiger partial charge in [0.2, 0.25) is 0 Å². The Kier molecular flexibility index (Phi) is 5.71. The standard InChI is InChI=1S/C22H20FNO3/c1-15-19(22(25)26)6-4-7-20(15)24-13-17-5-2-3-8-21(17)27-14-16-9-11-18(23)12-10-16/h2-12,24H,13-14H2,1H3,(H,25,26). The summed E-state index contributed by atoms with van der Waals surface area (Å²) in [6.45, 7) is 2.61. The average molecular weight is 365 g/mol. The fraction of sp³-hybridized carbons (Fsp3) is 0.136. The summed E-state index contributed by atoms with van der Waals surface area (Å²) in [6, 6.07) is 19.0. The van der Waals surface area contributed by atoms with Gasteiger partial charge in [-0.15, -0.1) is 0 Å². The number of rotatable bonds is 7. The summed E-state index contributed by atoms with van der Waals surface area (Å²) < 4.78 is 18.9. The normalized spacial score (nSPS) is 10.4. The van der Waals surface area contributed by atoms with E-state index >= 15 is 0 Å². The molecule has 3 aromatic rings. The van der Waals surface area contributed by atoms with Gasteiger partial charge in [-0.2, -0.15) is 0 Å². The van der Waals surface area contributed by atoms with Crippen LogP contribution < -0.4 is 10.1 Å². The molecule has 0 saturated heterocycles. The van der Waals surface area contributed by atoms with Crippen molar-refractivity contribution in [2.24, 2.45) is 0 Å². The second-order valence-electron chi connectivity index (χ2n) is 6.16. The maximum atomic E-state index is 13.0. The smallest absolute Gasteiger partial charge is 0.336 e. The molecule has 3 aromatic carbocycles. The number of para-hydroxylation sites is 1. The Hall–Kier alpha value is -3.34. The molecular weight excluding hydrogens is 345 g/mol. The van der Waals surface area contributed by atoms with Crippen LogP contribution in [0.5, 0.6) is 5.75 Å². The topological polar surface area (TPSA) is 58.6 Å². The summed E-state index contributed by atoms with van der Waals surface area (Å²) in [5, 5.41) is 12.5. The van der Waals surface area contributed by atoms with Gasteiger partial charge in [-0.3, -0.25) is 0 Å². The third-order valence-corrected chi connectivity index (χ3v) is 4.31. The molecule has 0 heterocycles. The molecule has 5 heteroatoms. The van der Waals surface area contributed by atoms with Gasteiger partial charge in [-0.1, -0.05) is 36.4 Å². The van der Waals surface area contributed by atoms with Crippen molar-refractivity contribution in [1.29, 1.82) is 0 Å². The number of carboxylic acids is 1. The molecule has 138 valence electrons. The molecular formula is C22H20FNO3. The molecule has 0 radical (unpaired) electrons. The first-order chi connectivity index (χ1) is 13.0. The molecule has 0 spiro atoms. The number of hydrogen-bond acceptors (Lipinski definition) is 3. The SMILES string of the molecule is Cc1c(NCc2ccccc2OCc2ccc(F)cc2)cccc1C(=O)O. The largest absolute Gasteiger partial charge is 0.489 e. The van der Waals surface area contributed by atoms with E-state index in [0.29, 0.717) is 18.7 Å². The number of carbonyl (C=O) groups is 1. The van der Waals surface area contributed by atoms with Gasteiger partial charge < -0.3 is 15.2 Å². The highest BCUT2D eigenvalue weighted by molar-refractivity contribution is 5.91. The molecule has 2 N–H and O–H groups in total. The van der Waals surface area contributed by atoms with Crippen LogP contribution in [0.3, 0.4) is 0 Å². The van der Waals surface area contributed by atoms with Gasteiger partial charge in [0.25, 0.3) is 0 Å². The minimum absolute atomic E-state index is 0.276. The van der Waals surface area contributed by atoms with Crippen LogP contribution in [0.25, 0.3) is 0 Å². The lowest BCUT2D eigenvalue weighted by Gasteiger charge is -2.15. The van der Waals surface area contributed by atoms with Crippen molar-refractivity contribution in [3.63, 3.8) is 0 Å². The van der Waals surface area contributed by atoms with Crippen LogP contribution in [0.2, 0.25) is 0 Å². The molecule has 27 heavy (non-hydrogen) atoms. The first-order valence-corrected chi connectivity index (χ1v) is 8.56. The van der Waals surface area contributed by atoms with Crippen LogP contribution in [0, 0.1) is 12.7 Å². The summed E-state index contributed by atoms with van der Waals surface area (Å²) in [5.41, 5.74) is 3.56. The van der Waals surface area contributed by atoms with Crippen molar-refractivity contribution >= 4 is 11.7 Å². The van der Waals surface area contributed by atoms with E-state index in [1.165, 1.54) is 12.1 Å². The molecule has 0 aliphatic rings. The van der Waals surface area contributed by atoms with Crippen LogP contribution in [0.4, 0.5) is 10.1 Å². The summed E-state index contributed by atoms with van der Waals surface area (Å²) in [7, 11) is 0. The fourth-order valence-corrected chi connectivity index (χ4v) is 2.78. The second kappa shape index (κ2) is 8.36. The van der Waals surface area contributed by atoms with Gasteiger partial charge in [0.15, 0.2) is 0 Å². The van der Waals surface area contributed by atoms with E-state index in [0.717, 1.165) is 22.6 Å². The molecule has 3 rings (SSSR count). The van der Waals surface area contributed by atoms with Gasteiger partial charge in [-0.05, 0) is 48.4 Å². The number of nitrogens with one attached hydrogen (secondary N) is 1. The summed E-state index contributed by atoms with van der Waals surface area (Å²) in [5.74, 6) is -0.497. The minimum atomic E-state index is -0.945. The van der Waals surface area contributed by atoms with Gasteiger partial charge in [0.05, 0.1) is 5.56 Å². The van der Waals surface area contributed by atoms with Crippen LogP contribution >= 0.6 is 0 Å². The highest BCUT2D eigenvalue weighted by Crippen LogP contribution is 2.23. The first kappa shape index (κ1) is 18.5. The molecule has 0 unspecified atom stereocenters. The quantitative estimate of drug-likeness (QED) is 0.617. The average Bonchev–Trinajstić information content (AvgIpc) is 2.67. The fourth-order valence-electron chi connectivity index (χ4n) is 2.78. The number of ether oxygens (including phenoxy) is 1. The van der Waals surface area contributed by atoms with Crippen molar-refractivity contribution in [1.82, 2.24) is 0 Å². The molecule has 0 atom stereocenters. The number of carboxylic acid groups (broad SMARTS) is 1. The Morgan fingerprint density at radius 1 is 1.04 bits per heavy atom. The van der Waals surface area contributed by atoms with E-state index in [4.69, 9.17) is 4.74 Å². The van der Waals surface area contributed by atoms with E-state index in [-0.39, 0.29) is 11.4 Å². The molecule has 0 amide bonds. The van der Waals surface area contributed by atoms with Gasteiger partial charge in [0, 0.05) is 17.8 Å². The molecule has 4 nitrogen and oxygen atoms in total. The Labute approximate surface area is 157 Å². The maximum absolute atomic E-state index is 13.0. The third-order valence-electron chi connectivity index (χ3n) is 4.31. The molecule has 0 aliphatic heterocycles. The van der Waals surface area contributed by atoms with E-state index < -0.39 is 5.97 Å². The Morgan fingerprint density at radius 2 is 1.78 bits per heavy atom. The van der Waals surface area contributed by atoms with Crippen LogP contribution in [-0.4, -0.2) is 11.1 Å². The minimum Gasteiger partial charge on any atom is -0.489 e. The third kappa shape index (κ3) is 4.64. The van der Waals surface area contributed by atoms with Crippen LogP contribution in [0.15, 0.2) is 66.7 Å². The first-order valence-electron chi connectivity index (χ1n) is 8.56. The molecule has 0 aliphatic carbocycles. The van der Waals surface area contributed by atoms with Gasteiger partial charge in [0.1, 0.15) is 18.2 Å². The zero-order chi connectivity index (χ0) is 19.2. The Morgan fingerprint density at radius 3 is 2.52 bits per heavy atom.